The predicted molar refractivity (Wildman–Crippen MR) is 75.5 cm³/mol. The second kappa shape index (κ2) is 5.66. The Bertz CT molecular complexity index is 612. The minimum Gasteiger partial charge on any atom is -0.465 e. The van der Waals surface area contributed by atoms with E-state index in [-0.39, 0.29) is 11.9 Å². The molecule has 6 heteroatoms. The van der Waals surface area contributed by atoms with Gasteiger partial charge >= 0.3 is 5.97 Å². The molecule has 0 N–H and O–H groups in total. The van der Waals surface area contributed by atoms with Gasteiger partial charge in [-0.2, -0.15) is 0 Å². The zero-order chi connectivity index (χ0) is 13.9. The minimum atomic E-state index is -0.217. The summed E-state index contributed by atoms with van der Waals surface area (Å²) >= 11 is 1.62. The normalized spacial score (nSPS) is 17.6. The lowest BCUT2D eigenvalue weighted by atomic mass is 9.91. The third-order valence-electron chi connectivity index (χ3n) is 3.33. The van der Waals surface area contributed by atoms with Gasteiger partial charge in [0.25, 0.3) is 0 Å². The molecule has 0 spiro atoms. The molecule has 2 heterocycles. The van der Waals surface area contributed by atoms with E-state index >= 15 is 0 Å². The van der Waals surface area contributed by atoms with Crippen LogP contribution < -0.4 is 0 Å². The van der Waals surface area contributed by atoms with Gasteiger partial charge in [0.2, 0.25) is 0 Å². The Morgan fingerprint density at radius 2 is 2.45 bits per heavy atom. The molecule has 2 aromatic rings. The molecule has 0 aliphatic heterocycles. The van der Waals surface area contributed by atoms with Crippen LogP contribution in [0.4, 0.5) is 0 Å². The molecule has 0 saturated heterocycles. The first-order chi connectivity index (χ1) is 9.79. The number of rotatable bonds is 3. The number of thiazole rings is 1. The molecule has 1 aliphatic rings. The number of nitrogens with zero attached hydrogens (tertiary/aromatic N) is 3. The summed E-state index contributed by atoms with van der Waals surface area (Å²) in [6.07, 6.45) is 6.01. The Kier molecular flexibility index (Phi) is 3.73. The molecule has 1 unspecified atom stereocenters. The molecule has 20 heavy (non-hydrogen) atoms. The van der Waals surface area contributed by atoms with Crippen LogP contribution in [0.1, 0.15) is 36.3 Å². The number of hydrogen-bond donors (Lipinski definition) is 0. The second-order valence-electron chi connectivity index (χ2n) is 4.62. The lowest BCUT2D eigenvalue weighted by Gasteiger charge is -2.19. The van der Waals surface area contributed by atoms with Gasteiger partial charge < -0.3 is 4.74 Å². The zero-order valence-electron chi connectivity index (χ0n) is 11.2. The Balaban J connectivity index is 1.95. The number of ether oxygens (including phenoxy) is 1. The maximum Gasteiger partial charge on any atom is 0.315 e. The van der Waals surface area contributed by atoms with Gasteiger partial charge in [-0.3, -0.25) is 4.79 Å². The van der Waals surface area contributed by atoms with Crippen LogP contribution in [0.3, 0.4) is 0 Å². The van der Waals surface area contributed by atoms with Crippen molar-refractivity contribution in [2.24, 2.45) is 0 Å². The van der Waals surface area contributed by atoms with Gasteiger partial charge in [0.05, 0.1) is 12.3 Å². The quantitative estimate of drug-likeness (QED) is 0.813. The molecule has 3 rings (SSSR count). The van der Waals surface area contributed by atoms with Crippen molar-refractivity contribution in [3.8, 4) is 10.7 Å². The van der Waals surface area contributed by atoms with E-state index in [0.717, 1.165) is 35.7 Å². The fourth-order valence-electron chi connectivity index (χ4n) is 2.42. The van der Waals surface area contributed by atoms with Gasteiger partial charge in [0, 0.05) is 11.1 Å². The first-order valence-electron chi connectivity index (χ1n) is 6.72. The maximum absolute atomic E-state index is 12.0. The highest BCUT2D eigenvalue weighted by Crippen LogP contribution is 2.38. The smallest absolute Gasteiger partial charge is 0.315 e. The van der Waals surface area contributed by atoms with Crippen molar-refractivity contribution < 1.29 is 9.53 Å². The van der Waals surface area contributed by atoms with Crippen molar-refractivity contribution in [3.63, 3.8) is 0 Å². The van der Waals surface area contributed by atoms with Crippen LogP contribution in [0.25, 0.3) is 10.7 Å². The van der Waals surface area contributed by atoms with Crippen molar-refractivity contribution in [2.75, 3.05) is 6.61 Å². The van der Waals surface area contributed by atoms with Gasteiger partial charge in [0.1, 0.15) is 22.9 Å². The van der Waals surface area contributed by atoms with Crippen molar-refractivity contribution in [2.45, 2.75) is 32.1 Å². The molecule has 0 bridgehead atoms. The van der Waals surface area contributed by atoms with E-state index in [4.69, 9.17) is 4.74 Å². The minimum absolute atomic E-state index is 0.159. The number of esters is 1. The van der Waals surface area contributed by atoms with Gasteiger partial charge in [-0.15, -0.1) is 11.3 Å². The molecule has 1 atom stereocenters. The van der Waals surface area contributed by atoms with E-state index in [9.17, 15) is 4.79 Å². The second-order valence-corrected chi connectivity index (χ2v) is 5.70. The highest BCUT2D eigenvalue weighted by atomic mass is 32.1. The molecule has 2 aromatic heterocycles. The molecular formula is C14H15N3O2S. The first-order valence-corrected chi connectivity index (χ1v) is 7.54. The first kappa shape index (κ1) is 13.2. The van der Waals surface area contributed by atoms with Gasteiger partial charge in [-0.05, 0) is 32.3 Å². The standard InChI is InChI=1S/C14H15N3O2S/c1-2-19-14(18)9-4-3-5-11-12(9)17-13(20-11)10-6-7-15-8-16-10/h6-9H,2-5H2,1H3. The topological polar surface area (TPSA) is 65.0 Å². The number of carbonyl (C=O) groups excluding carboxylic acids is 1. The highest BCUT2D eigenvalue weighted by molar-refractivity contribution is 7.15. The van der Waals surface area contributed by atoms with Crippen LogP contribution in [-0.4, -0.2) is 27.5 Å². The van der Waals surface area contributed by atoms with E-state index in [1.165, 1.54) is 11.2 Å². The van der Waals surface area contributed by atoms with Crippen LogP contribution in [0.2, 0.25) is 0 Å². The third kappa shape index (κ3) is 2.43. The summed E-state index contributed by atoms with van der Waals surface area (Å²) in [5.41, 5.74) is 1.69. The fourth-order valence-corrected chi connectivity index (χ4v) is 3.56. The lowest BCUT2D eigenvalue weighted by molar-refractivity contribution is -0.145. The van der Waals surface area contributed by atoms with Gasteiger partial charge in [-0.1, -0.05) is 0 Å². The summed E-state index contributed by atoms with van der Waals surface area (Å²) in [6.45, 7) is 2.24. The Hall–Kier alpha value is -1.82. The summed E-state index contributed by atoms with van der Waals surface area (Å²) in [7, 11) is 0. The summed E-state index contributed by atoms with van der Waals surface area (Å²) in [5, 5.41) is 0.855. The van der Waals surface area contributed by atoms with Crippen molar-refractivity contribution in [1.29, 1.82) is 0 Å². The SMILES string of the molecule is CCOC(=O)C1CCCc2sc(-c3ccncn3)nc21. The summed E-state index contributed by atoms with van der Waals surface area (Å²) in [5.74, 6) is -0.376. The van der Waals surface area contributed by atoms with E-state index < -0.39 is 0 Å². The molecule has 0 fully saturated rings. The lowest BCUT2D eigenvalue weighted by Crippen LogP contribution is -2.20. The average Bonchev–Trinajstić information content (AvgIpc) is 2.92. The molecule has 0 amide bonds. The number of fused-ring (bicyclic) bond motifs is 1. The molecule has 0 aromatic carbocycles. The molecule has 104 valence electrons. The average molecular weight is 289 g/mol. The molecule has 0 saturated carbocycles. The van der Waals surface area contributed by atoms with Gasteiger partial charge in [-0.25, -0.2) is 15.0 Å². The maximum atomic E-state index is 12.0. The largest absolute Gasteiger partial charge is 0.465 e. The van der Waals surface area contributed by atoms with Crippen LogP contribution in [-0.2, 0) is 16.0 Å². The van der Waals surface area contributed by atoms with Gasteiger partial charge in [0.15, 0.2) is 0 Å². The van der Waals surface area contributed by atoms with Crippen LogP contribution in [0, 0.1) is 0 Å². The summed E-state index contributed by atoms with van der Waals surface area (Å²) < 4.78 is 5.15. The summed E-state index contributed by atoms with van der Waals surface area (Å²) in [4.78, 5) is 26.0. The zero-order valence-corrected chi connectivity index (χ0v) is 12.0. The van der Waals surface area contributed by atoms with E-state index in [1.54, 1.807) is 17.5 Å². The Morgan fingerprint density at radius 3 is 3.20 bits per heavy atom. The summed E-state index contributed by atoms with van der Waals surface area (Å²) in [6, 6.07) is 1.84. The van der Waals surface area contributed by atoms with Crippen LogP contribution in [0.15, 0.2) is 18.6 Å². The molecule has 0 radical (unpaired) electrons. The highest BCUT2D eigenvalue weighted by Gasteiger charge is 2.31. The molecular weight excluding hydrogens is 274 g/mol. The van der Waals surface area contributed by atoms with Crippen molar-refractivity contribution in [1.82, 2.24) is 15.0 Å². The predicted octanol–water partition coefficient (Wildman–Crippen LogP) is 2.58. The Labute approximate surface area is 121 Å². The van der Waals surface area contributed by atoms with Crippen LogP contribution in [0.5, 0.6) is 0 Å². The Morgan fingerprint density at radius 1 is 1.55 bits per heavy atom. The number of hydrogen-bond acceptors (Lipinski definition) is 6. The molecule has 1 aliphatic carbocycles. The third-order valence-corrected chi connectivity index (χ3v) is 4.48. The fraction of sp³-hybridized carbons (Fsp3) is 0.429. The van der Waals surface area contributed by atoms with E-state index in [0.29, 0.717) is 6.61 Å². The number of aromatic nitrogens is 3. The monoisotopic (exact) mass is 289 g/mol. The van der Waals surface area contributed by atoms with Crippen molar-refractivity contribution >= 4 is 17.3 Å². The van der Waals surface area contributed by atoms with Crippen LogP contribution >= 0.6 is 11.3 Å². The van der Waals surface area contributed by atoms with E-state index in [1.807, 2.05) is 13.0 Å². The van der Waals surface area contributed by atoms with Crippen molar-refractivity contribution in [3.05, 3.63) is 29.2 Å². The molecule has 5 nitrogen and oxygen atoms in total. The number of aryl methyl sites for hydroxylation is 1. The van der Waals surface area contributed by atoms with E-state index in [2.05, 4.69) is 15.0 Å². The number of carbonyl (C=O) groups is 1.